The van der Waals surface area contributed by atoms with Gasteiger partial charge in [0.1, 0.15) is 10.7 Å². The molecule has 0 bridgehead atoms. The van der Waals surface area contributed by atoms with Crippen LogP contribution in [0, 0.1) is 5.82 Å². The van der Waals surface area contributed by atoms with E-state index in [4.69, 9.17) is 0 Å². The number of hydrogen-bond donors (Lipinski definition) is 0. The van der Waals surface area contributed by atoms with Crippen LogP contribution >= 0.6 is 0 Å². The summed E-state index contributed by atoms with van der Waals surface area (Å²) >= 11 is 0. The molecule has 0 radical (unpaired) electrons. The Balaban J connectivity index is 3.26. The van der Waals surface area contributed by atoms with E-state index in [1.54, 1.807) is 6.07 Å². The molecule has 0 aromatic heterocycles. The van der Waals surface area contributed by atoms with Crippen molar-refractivity contribution in [3.63, 3.8) is 0 Å². The maximum atomic E-state index is 13.5. The summed E-state index contributed by atoms with van der Waals surface area (Å²) in [4.78, 5) is -0.200. The average molecular weight is 230 g/mol. The third kappa shape index (κ3) is 2.56. The van der Waals surface area contributed by atoms with E-state index < -0.39 is 15.7 Å². The van der Waals surface area contributed by atoms with Gasteiger partial charge >= 0.3 is 0 Å². The molecule has 84 valence electrons. The first-order chi connectivity index (χ1) is 6.88. The minimum atomic E-state index is -3.45. The van der Waals surface area contributed by atoms with E-state index in [1.165, 1.54) is 19.1 Å². The molecule has 0 aliphatic carbocycles. The lowest BCUT2D eigenvalue weighted by molar-refractivity contribution is 0.565. The lowest BCUT2D eigenvalue weighted by Crippen LogP contribution is -2.06. The zero-order chi connectivity index (χ0) is 11.6. The number of sulfone groups is 1. The highest BCUT2D eigenvalue weighted by Crippen LogP contribution is 2.21. The van der Waals surface area contributed by atoms with Crippen LogP contribution in [0.3, 0.4) is 0 Å². The maximum Gasteiger partial charge on any atom is 0.180 e. The molecule has 0 aliphatic heterocycles. The fourth-order valence-electron chi connectivity index (χ4n) is 1.28. The van der Waals surface area contributed by atoms with Gasteiger partial charge in [0.2, 0.25) is 0 Å². The van der Waals surface area contributed by atoms with Crippen molar-refractivity contribution in [3.8, 4) is 0 Å². The largest absolute Gasteiger partial charge is 0.224 e. The van der Waals surface area contributed by atoms with Crippen LogP contribution in [0.4, 0.5) is 4.39 Å². The van der Waals surface area contributed by atoms with Gasteiger partial charge in [-0.15, -0.1) is 0 Å². The summed E-state index contributed by atoms with van der Waals surface area (Å²) in [6, 6.07) is 4.31. The summed E-state index contributed by atoms with van der Waals surface area (Å²) in [7, 11) is -3.45. The summed E-state index contributed by atoms with van der Waals surface area (Å²) in [6.07, 6.45) is 0. The van der Waals surface area contributed by atoms with Crippen LogP contribution in [0.5, 0.6) is 0 Å². The Bertz CT molecular complexity index is 450. The lowest BCUT2D eigenvalue weighted by Gasteiger charge is -2.08. The van der Waals surface area contributed by atoms with Gasteiger partial charge in [-0.05, 0) is 23.6 Å². The molecule has 0 aliphatic rings. The molecule has 1 aromatic rings. The molecule has 0 saturated carbocycles. The fourth-order valence-corrected chi connectivity index (χ4v) is 2.23. The van der Waals surface area contributed by atoms with E-state index in [1.807, 2.05) is 13.8 Å². The van der Waals surface area contributed by atoms with Crippen molar-refractivity contribution in [2.45, 2.75) is 31.6 Å². The quantitative estimate of drug-likeness (QED) is 0.800. The van der Waals surface area contributed by atoms with Crippen LogP contribution in [0.1, 0.15) is 32.3 Å². The molecular weight excluding hydrogens is 215 g/mol. The van der Waals surface area contributed by atoms with E-state index >= 15 is 0 Å². The first kappa shape index (κ1) is 12.2. The minimum absolute atomic E-state index is 0.0784. The predicted octanol–water partition coefficient (Wildman–Crippen LogP) is 2.74. The van der Waals surface area contributed by atoms with Crippen LogP contribution in [0.2, 0.25) is 0 Å². The summed E-state index contributed by atoms with van der Waals surface area (Å²) in [5, 5.41) is 0. The smallest absolute Gasteiger partial charge is 0.180 e. The summed E-state index contributed by atoms with van der Waals surface area (Å²) < 4.78 is 36.4. The Hall–Kier alpha value is -0.900. The van der Waals surface area contributed by atoms with Gasteiger partial charge in [0, 0.05) is 0 Å². The van der Waals surface area contributed by atoms with Crippen molar-refractivity contribution in [2.24, 2.45) is 0 Å². The predicted molar refractivity (Wildman–Crippen MR) is 58.2 cm³/mol. The molecule has 2 nitrogen and oxygen atoms in total. The van der Waals surface area contributed by atoms with Gasteiger partial charge in [0.15, 0.2) is 9.84 Å². The molecule has 0 atom stereocenters. The van der Waals surface area contributed by atoms with Crippen LogP contribution < -0.4 is 0 Å². The van der Waals surface area contributed by atoms with Crippen LogP contribution in [0.25, 0.3) is 0 Å². The molecule has 4 heteroatoms. The summed E-state index contributed by atoms with van der Waals surface area (Å²) in [6.45, 7) is 5.37. The second-order valence-electron chi connectivity index (χ2n) is 3.75. The number of benzene rings is 1. The van der Waals surface area contributed by atoms with E-state index in [0.29, 0.717) is 0 Å². The maximum absolute atomic E-state index is 13.5. The lowest BCUT2D eigenvalue weighted by atomic mass is 10.0. The number of rotatable bonds is 3. The molecule has 15 heavy (non-hydrogen) atoms. The van der Waals surface area contributed by atoms with Crippen LogP contribution in [-0.4, -0.2) is 14.2 Å². The van der Waals surface area contributed by atoms with Crippen LogP contribution in [0.15, 0.2) is 23.1 Å². The highest BCUT2D eigenvalue weighted by Gasteiger charge is 2.17. The Morgan fingerprint density at radius 2 is 1.93 bits per heavy atom. The van der Waals surface area contributed by atoms with Crippen molar-refractivity contribution in [1.29, 1.82) is 0 Å². The Kier molecular flexibility index (Phi) is 3.50. The molecule has 0 heterocycles. The zero-order valence-electron chi connectivity index (χ0n) is 9.12. The topological polar surface area (TPSA) is 34.1 Å². The highest BCUT2D eigenvalue weighted by atomic mass is 32.2. The van der Waals surface area contributed by atoms with E-state index in [0.717, 1.165) is 5.56 Å². The number of hydrogen-bond acceptors (Lipinski definition) is 2. The standard InChI is InChI=1S/C11H15FO2S/c1-4-15(13,14)11-6-5-9(8(2)3)7-10(11)12/h5-8H,4H2,1-3H3. The van der Waals surface area contributed by atoms with Crippen molar-refractivity contribution < 1.29 is 12.8 Å². The fraction of sp³-hybridized carbons (Fsp3) is 0.455. The zero-order valence-corrected chi connectivity index (χ0v) is 9.94. The Labute approximate surface area is 90.0 Å². The molecule has 0 saturated heterocycles. The monoisotopic (exact) mass is 230 g/mol. The molecule has 0 N–H and O–H groups in total. The second kappa shape index (κ2) is 4.31. The molecule has 0 spiro atoms. The molecule has 0 unspecified atom stereocenters. The highest BCUT2D eigenvalue weighted by molar-refractivity contribution is 7.91. The second-order valence-corrected chi connectivity index (χ2v) is 5.99. The van der Waals surface area contributed by atoms with Gasteiger partial charge in [-0.25, -0.2) is 12.8 Å². The van der Waals surface area contributed by atoms with Gasteiger partial charge < -0.3 is 0 Å². The van der Waals surface area contributed by atoms with E-state index in [2.05, 4.69) is 0 Å². The van der Waals surface area contributed by atoms with Gasteiger partial charge in [0.25, 0.3) is 0 Å². The summed E-state index contributed by atoms with van der Waals surface area (Å²) in [5.74, 6) is -0.536. The van der Waals surface area contributed by atoms with E-state index in [-0.39, 0.29) is 16.6 Å². The van der Waals surface area contributed by atoms with Crippen molar-refractivity contribution in [3.05, 3.63) is 29.6 Å². The molecule has 1 aromatic carbocycles. The normalized spacial score (nSPS) is 12.1. The number of halogens is 1. The van der Waals surface area contributed by atoms with Gasteiger partial charge in [-0.1, -0.05) is 26.8 Å². The molecular formula is C11H15FO2S. The van der Waals surface area contributed by atoms with Crippen LogP contribution in [-0.2, 0) is 9.84 Å². The van der Waals surface area contributed by atoms with E-state index in [9.17, 15) is 12.8 Å². The first-order valence-corrected chi connectivity index (χ1v) is 6.56. The van der Waals surface area contributed by atoms with Crippen molar-refractivity contribution in [1.82, 2.24) is 0 Å². The van der Waals surface area contributed by atoms with Crippen molar-refractivity contribution >= 4 is 9.84 Å². The third-order valence-electron chi connectivity index (χ3n) is 2.34. The van der Waals surface area contributed by atoms with Gasteiger partial charge in [-0.3, -0.25) is 0 Å². The Morgan fingerprint density at radius 3 is 2.33 bits per heavy atom. The molecule has 0 amide bonds. The Morgan fingerprint density at radius 1 is 1.33 bits per heavy atom. The third-order valence-corrected chi connectivity index (χ3v) is 4.10. The molecule has 1 rings (SSSR count). The SMILES string of the molecule is CCS(=O)(=O)c1ccc(C(C)C)cc1F. The summed E-state index contributed by atoms with van der Waals surface area (Å²) in [5.41, 5.74) is 0.808. The van der Waals surface area contributed by atoms with Gasteiger partial charge in [-0.2, -0.15) is 0 Å². The average Bonchev–Trinajstić information content (AvgIpc) is 2.17. The first-order valence-electron chi connectivity index (χ1n) is 4.90. The minimum Gasteiger partial charge on any atom is -0.224 e. The van der Waals surface area contributed by atoms with Crippen molar-refractivity contribution in [2.75, 3.05) is 5.75 Å². The molecule has 0 fully saturated rings. The van der Waals surface area contributed by atoms with Gasteiger partial charge in [0.05, 0.1) is 5.75 Å².